The third kappa shape index (κ3) is 5.56. The summed E-state index contributed by atoms with van der Waals surface area (Å²) in [4.78, 5) is 38.9. The molecule has 1 aliphatic rings. The quantitative estimate of drug-likeness (QED) is 0.118. The van der Waals surface area contributed by atoms with Crippen molar-refractivity contribution >= 4 is 51.1 Å². The Morgan fingerprint density at radius 1 is 1.00 bits per heavy atom. The third-order valence-corrected chi connectivity index (χ3v) is 7.70. The maximum Gasteiger partial charge on any atom is 0.343 e. The van der Waals surface area contributed by atoms with Crippen LogP contribution in [0.4, 0.5) is 5.00 Å². The number of thiophene rings is 1. The summed E-state index contributed by atoms with van der Waals surface area (Å²) in [5, 5.41) is 18.1. The lowest BCUT2D eigenvalue weighted by Crippen LogP contribution is -2.32. The molecule has 1 aromatic heterocycles. The normalized spacial score (nSPS) is 12.5. The first-order valence-corrected chi connectivity index (χ1v) is 13.3. The molecule has 0 bridgehead atoms. The molecule has 0 aliphatic heterocycles. The number of aryl methyl sites for hydroxylation is 2. The number of anilines is 1. The monoisotopic (exact) mass is 536 g/mol. The zero-order valence-electron chi connectivity index (χ0n) is 21.1. The summed E-state index contributed by atoms with van der Waals surface area (Å²) in [5.41, 5.74) is 5.51. The van der Waals surface area contributed by atoms with E-state index in [1.165, 1.54) is 17.6 Å². The van der Waals surface area contributed by atoms with Gasteiger partial charge in [-0.25, -0.2) is 10.2 Å². The van der Waals surface area contributed by atoms with Crippen molar-refractivity contribution in [2.24, 2.45) is 5.10 Å². The van der Waals surface area contributed by atoms with Gasteiger partial charge in [-0.2, -0.15) is 10.4 Å². The molecule has 194 valence electrons. The predicted molar refractivity (Wildman–Crippen MR) is 150 cm³/mol. The van der Waals surface area contributed by atoms with Crippen molar-refractivity contribution in [1.29, 1.82) is 5.26 Å². The van der Waals surface area contributed by atoms with Crippen molar-refractivity contribution in [2.45, 2.75) is 32.6 Å². The smallest absolute Gasteiger partial charge is 0.343 e. The molecule has 0 fully saturated rings. The van der Waals surface area contributed by atoms with Gasteiger partial charge in [-0.1, -0.05) is 48.0 Å². The van der Waals surface area contributed by atoms with E-state index in [-0.39, 0.29) is 5.75 Å². The predicted octanol–water partition coefficient (Wildman–Crippen LogP) is 5.27. The van der Waals surface area contributed by atoms with Crippen molar-refractivity contribution in [2.75, 3.05) is 5.32 Å². The zero-order chi connectivity index (χ0) is 27.4. The van der Waals surface area contributed by atoms with Crippen LogP contribution >= 0.6 is 11.3 Å². The van der Waals surface area contributed by atoms with Gasteiger partial charge in [0.05, 0.1) is 17.3 Å². The van der Waals surface area contributed by atoms with Crippen LogP contribution in [0.15, 0.2) is 65.8 Å². The van der Waals surface area contributed by atoms with Gasteiger partial charge in [0.25, 0.3) is 0 Å². The summed E-state index contributed by atoms with van der Waals surface area (Å²) in [5.74, 6) is -2.19. The Morgan fingerprint density at radius 2 is 1.77 bits per heavy atom. The number of ether oxygens (including phenoxy) is 1. The lowest BCUT2D eigenvalue weighted by atomic mass is 9.96. The molecule has 2 N–H and O–H groups in total. The van der Waals surface area contributed by atoms with E-state index in [1.54, 1.807) is 18.2 Å². The van der Waals surface area contributed by atoms with Crippen LogP contribution in [-0.2, 0) is 22.4 Å². The molecule has 4 aromatic rings. The van der Waals surface area contributed by atoms with Gasteiger partial charge in [-0.3, -0.25) is 9.59 Å². The number of hydrazone groups is 1. The molecule has 8 nitrogen and oxygen atoms in total. The van der Waals surface area contributed by atoms with E-state index >= 15 is 0 Å². The maximum absolute atomic E-state index is 12.8. The molecule has 39 heavy (non-hydrogen) atoms. The van der Waals surface area contributed by atoms with E-state index in [9.17, 15) is 19.6 Å². The van der Waals surface area contributed by atoms with Crippen molar-refractivity contribution in [1.82, 2.24) is 5.43 Å². The van der Waals surface area contributed by atoms with Gasteiger partial charge in [0.15, 0.2) is 0 Å². The molecule has 2 amide bonds. The Bertz CT molecular complexity index is 1670. The molecule has 0 spiro atoms. The molecule has 0 saturated heterocycles. The Morgan fingerprint density at radius 3 is 2.56 bits per heavy atom. The zero-order valence-corrected chi connectivity index (χ0v) is 21.9. The van der Waals surface area contributed by atoms with E-state index in [0.717, 1.165) is 52.5 Å². The van der Waals surface area contributed by atoms with Gasteiger partial charge in [0.1, 0.15) is 16.8 Å². The molecule has 0 saturated carbocycles. The molecule has 0 radical (unpaired) electrons. The van der Waals surface area contributed by atoms with Crippen molar-refractivity contribution in [3.05, 3.63) is 93.4 Å². The second-order valence-electron chi connectivity index (χ2n) is 9.13. The molecule has 1 aliphatic carbocycles. The van der Waals surface area contributed by atoms with Crippen LogP contribution in [0.3, 0.4) is 0 Å². The highest BCUT2D eigenvalue weighted by atomic mass is 32.1. The number of nitrogens with zero attached hydrogens (tertiary/aromatic N) is 2. The molecule has 1 heterocycles. The van der Waals surface area contributed by atoms with Crippen molar-refractivity contribution < 1.29 is 19.1 Å². The molecule has 0 atom stereocenters. The Kier molecular flexibility index (Phi) is 7.48. The number of carbonyl (C=O) groups excluding carboxylic acids is 3. The summed E-state index contributed by atoms with van der Waals surface area (Å²) in [6, 6.07) is 20.1. The highest BCUT2D eigenvalue weighted by Crippen LogP contribution is 2.37. The van der Waals surface area contributed by atoms with E-state index in [4.69, 9.17) is 4.74 Å². The number of fused-ring (bicyclic) bond motifs is 2. The first kappa shape index (κ1) is 25.8. The van der Waals surface area contributed by atoms with Crippen molar-refractivity contribution in [3.8, 4) is 11.8 Å². The largest absolute Gasteiger partial charge is 0.422 e. The van der Waals surface area contributed by atoms with E-state index in [1.807, 2.05) is 49.4 Å². The molecule has 5 rings (SSSR count). The van der Waals surface area contributed by atoms with Gasteiger partial charge >= 0.3 is 17.8 Å². The van der Waals surface area contributed by atoms with Gasteiger partial charge in [0, 0.05) is 10.4 Å². The van der Waals surface area contributed by atoms with Crippen LogP contribution in [0.25, 0.3) is 10.8 Å². The first-order valence-electron chi connectivity index (χ1n) is 12.4. The van der Waals surface area contributed by atoms with Crippen LogP contribution < -0.4 is 15.5 Å². The Hall–Kier alpha value is -4.81. The second-order valence-corrected chi connectivity index (χ2v) is 10.2. The minimum Gasteiger partial charge on any atom is -0.422 e. The lowest BCUT2D eigenvalue weighted by molar-refractivity contribution is -0.136. The highest BCUT2D eigenvalue weighted by molar-refractivity contribution is 7.16. The molecular weight excluding hydrogens is 512 g/mol. The number of amides is 2. The van der Waals surface area contributed by atoms with Crippen LogP contribution in [0.2, 0.25) is 0 Å². The number of esters is 1. The van der Waals surface area contributed by atoms with Crippen LogP contribution in [0.1, 0.15) is 50.3 Å². The highest BCUT2D eigenvalue weighted by Gasteiger charge is 2.23. The first-order chi connectivity index (χ1) is 18.9. The fourth-order valence-electron chi connectivity index (χ4n) is 4.48. The number of nitrogens with one attached hydrogen (secondary N) is 2. The summed E-state index contributed by atoms with van der Waals surface area (Å²) in [6.45, 7) is 1.93. The number of benzene rings is 3. The van der Waals surface area contributed by atoms with Gasteiger partial charge in [-0.05, 0) is 67.1 Å². The summed E-state index contributed by atoms with van der Waals surface area (Å²) in [6.07, 6.45) is 5.04. The minimum atomic E-state index is -0.986. The molecular formula is C30H24N4O4S. The van der Waals surface area contributed by atoms with Crippen LogP contribution in [0, 0.1) is 18.3 Å². The van der Waals surface area contributed by atoms with Crippen LogP contribution in [-0.4, -0.2) is 24.0 Å². The molecule has 3 aromatic carbocycles. The van der Waals surface area contributed by atoms with E-state index in [0.29, 0.717) is 21.7 Å². The summed E-state index contributed by atoms with van der Waals surface area (Å²) < 4.78 is 5.68. The van der Waals surface area contributed by atoms with Gasteiger partial charge in [-0.15, -0.1) is 11.3 Å². The van der Waals surface area contributed by atoms with Gasteiger partial charge in [0.2, 0.25) is 0 Å². The fourth-order valence-corrected chi connectivity index (χ4v) is 5.72. The minimum absolute atomic E-state index is 0.254. The van der Waals surface area contributed by atoms with E-state index in [2.05, 4.69) is 21.9 Å². The summed E-state index contributed by atoms with van der Waals surface area (Å²) in [7, 11) is 0. The average Bonchev–Trinajstić information content (AvgIpc) is 3.30. The number of carbonyl (C=O) groups is 3. The number of hydrogen-bond acceptors (Lipinski definition) is 7. The summed E-state index contributed by atoms with van der Waals surface area (Å²) >= 11 is 1.34. The fraction of sp³-hybridized carbons (Fsp3) is 0.167. The van der Waals surface area contributed by atoms with E-state index < -0.39 is 17.8 Å². The molecule has 0 unspecified atom stereocenters. The second kappa shape index (κ2) is 11.3. The Balaban J connectivity index is 1.34. The Labute approximate surface area is 228 Å². The van der Waals surface area contributed by atoms with Gasteiger partial charge < -0.3 is 10.1 Å². The van der Waals surface area contributed by atoms with Crippen molar-refractivity contribution in [3.63, 3.8) is 0 Å². The molecule has 9 heteroatoms. The lowest BCUT2D eigenvalue weighted by Gasteiger charge is -2.11. The van der Waals surface area contributed by atoms with Crippen LogP contribution in [0.5, 0.6) is 5.75 Å². The number of hydrogen-bond donors (Lipinski definition) is 2. The topological polar surface area (TPSA) is 121 Å². The number of rotatable bonds is 5. The SMILES string of the molecule is Cc1ccc(C(=O)Oc2ccc3ccccc3c2/C=N/NC(=O)C(=O)Nc2sc3c(c2C#N)CCCC3)cc1. The standard InChI is InChI=1S/C30H24N4O4S/c1-18-10-12-20(13-11-18)30(37)38-25-15-14-19-6-2-3-7-21(19)24(25)17-32-34-28(36)27(35)33-29-23(16-31)22-8-4-5-9-26(22)39-29/h2-3,6-7,10-15,17H,4-5,8-9H2,1H3,(H,33,35)(H,34,36)/b32-17+. The number of nitriles is 1. The average molecular weight is 537 g/mol. The maximum atomic E-state index is 12.8. The third-order valence-electron chi connectivity index (χ3n) is 6.50.